The summed E-state index contributed by atoms with van der Waals surface area (Å²) in [5, 5.41) is 4.55. The molecule has 10 heteroatoms. The SMILES string of the molecule is COc1ccc(C(=O)N(C(=O)c2ccc(OC)cc2)c2ncc(-c3ccc(=O)n(C(C)C)n3)c(-c3ccccc3)n2)cc1. The van der Waals surface area contributed by atoms with Gasteiger partial charge in [-0.1, -0.05) is 30.3 Å². The van der Waals surface area contributed by atoms with Crippen molar-refractivity contribution in [1.82, 2.24) is 19.7 Å². The first-order valence-corrected chi connectivity index (χ1v) is 13.5. The van der Waals surface area contributed by atoms with E-state index in [0.29, 0.717) is 34.0 Å². The second-order valence-electron chi connectivity index (χ2n) is 9.80. The number of hydrogen-bond donors (Lipinski definition) is 0. The molecule has 0 radical (unpaired) electrons. The average Bonchev–Trinajstić information content (AvgIpc) is 3.05. The zero-order valence-corrected chi connectivity index (χ0v) is 24.1. The van der Waals surface area contributed by atoms with E-state index in [1.807, 2.05) is 44.2 Å². The number of hydrogen-bond acceptors (Lipinski definition) is 8. The Morgan fingerprint density at radius 1 is 0.767 bits per heavy atom. The van der Waals surface area contributed by atoms with E-state index in [1.54, 1.807) is 54.6 Å². The maximum absolute atomic E-state index is 14.0. The molecule has 5 aromatic rings. The third kappa shape index (κ3) is 6.03. The summed E-state index contributed by atoms with van der Waals surface area (Å²) in [5.41, 5.74) is 2.37. The molecule has 0 N–H and O–H groups in total. The fourth-order valence-electron chi connectivity index (χ4n) is 4.42. The minimum Gasteiger partial charge on any atom is -0.497 e. The lowest BCUT2D eigenvalue weighted by molar-refractivity contribution is 0.0895. The van der Waals surface area contributed by atoms with Gasteiger partial charge >= 0.3 is 0 Å². The molecule has 5 rings (SSSR count). The van der Waals surface area contributed by atoms with Gasteiger partial charge in [0, 0.05) is 34.5 Å². The van der Waals surface area contributed by atoms with E-state index < -0.39 is 11.8 Å². The van der Waals surface area contributed by atoms with Crippen LogP contribution in [0.4, 0.5) is 5.95 Å². The smallest absolute Gasteiger partial charge is 0.267 e. The highest BCUT2D eigenvalue weighted by molar-refractivity contribution is 6.25. The molecule has 0 aliphatic rings. The fraction of sp³-hybridized carbons (Fsp3) is 0.152. The molecule has 0 atom stereocenters. The zero-order valence-electron chi connectivity index (χ0n) is 24.1. The number of anilines is 1. The van der Waals surface area contributed by atoms with Crippen molar-refractivity contribution < 1.29 is 19.1 Å². The van der Waals surface area contributed by atoms with Gasteiger partial charge in [-0.15, -0.1) is 0 Å². The highest BCUT2D eigenvalue weighted by Crippen LogP contribution is 2.31. The maximum Gasteiger partial charge on any atom is 0.267 e. The number of methoxy groups -OCH3 is 2. The molecule has 0 aliphatic carbocycles. The van der Waals surface area contributed by atoms with Crippen molar-refractivity contribution >= 4 is 17.8 Å². The summed E-state index contributed by atoms with van der Waals surface area (Å²) in [5.74, 6) is -0.247. The summed E-state index contributed by atoms with van der Waals surface area (Å²) in [7, 11) is 3.05. The van der Waals surface area contributed by atoms with Gasteiger partial charge in [-0.2, -0.15) is 5.10 Å². The standard InChI is InChI=1S/C33H29N5O5/c1-21(2)38-29(39)19-18-28(36-38)27-20-34-33(35-30(27)22-8-6-5-7-9-22)37(31(40)23-10-14-25(42-3)15-11-23)32(41)24-12-16-26(43-4)17-13-24/h5-21H,1-4H3. The summed E-state index contributed by atoms with van der Waals surface area (Å²) in [6.45, 7) is 3.73. The molecule has 2 heterocycles. The van der Waals surface area contributed by atoms with Crippen LogP contribution >= 0.6 is 0 Å². The number of aromatic nitrogens is 4. The van der Waals surface area contributed by atoms with Crippen molar-refractivity contribution in [2.24, 2.45) is 0 Å². The Morgan fingerprint density at radius 2 is 1.33 bits per heavy atom. The number of nitrogens with zero attached hydrogens (tertiary/aromatic N) is 5. The predicted molar refractivity (Wildman–Crippen MR) is 162 cm³/mol. The van der Waals surface area contributed by atoms with Gasteiger partial charge in [0.1, 0.15) is 11.5 Å². The Morgan fingerprint density at radius 3 is 1.84 bits per heavy atom. The molecule has 43 heavy (non-hydrogen) atoms. The Hall–Kier alpha value is -5.64. The average molecular weight is 576 g/mol. The van der Waals surface area contributed by atoms with Crippen LogP contribution in [-0.2, 0) is 0 Å². The quantitative estimate of drug-likeness (QED) is 0.224. The summed E-state index contributed by atoms with van der Waals surface area (Å²) >= 11 is 0. The van der Waals surface area contributed by atoms with Crippen LogP contribution in [0.5, 0.6) is 11.5 Å². The number of ether oxygens (including phenoxy) is 2. The van der Waals surface area contributed by atoms with Gasteiger partial charge < -0.3 is 9.47 Å². The summed E-state index contributed by atoms with van der Waals surface area (Å²) in [6, 6.07) is 25.0. The van der Waals surface area contributed by atoms with Gasteiger partial charge in [0.2, 0.25) is 5.95 Å². The largest absolute Gasteiger partial charge is 0.497 e. The van der Waals surface area contributed by atoms with Crippen LogP contribution in [0.1, 0.15) is 40.6 Å². The van der Waals surface area contributed by atoms with Gasteiger partial charge in [-0.05, 0) is 68.4 Å². The molecule has 216 valence electrons. The molecule has 0 unspecified atom stereocenters. The topological polar surface area (TPSA) is 117 Å². The minimum atomic E-state index is -0.623. The normalized spacial score (nSPS) is 10.8. The maximum atomic E-state index is 14.0. The van der Waals surface area contributed by atoms with Gasteiger partial charge in [0.25, 0.3) is 17.4 Å². The van der Waals surface area contributed by atoms with Crippen LogP contribution in [-0.4, -0.2) is 45.8 Å². The lowest BCUT2D eigenvalue weighted by Crippen LogP contribution is -2.38. The van der Waals surface area contributed by atoms with E-state index in [0.717, 1.165) is 4.90 Å². The molecular weight excluding hydrogens is 546 g/mol. The number of carbonyl (C=O) groups is 2. The van der Waals surface area contributed by atoms with E-state index in [1.165, 1.54) is 31.2 Å². The van der Waals surface area contributed by atoms with Gasteiger partial charge in [0.15, 0.2) is 0 Å². The third-order valence-corrected chi connectivity index (χ3v) is 6.69. The molecule has 0 fully saturated rings. The zero-order chi connectivity index (χ0) is 30.5. The number of imide groups is 1. The first kappa shape index (κ1) is 28.9. The Kier molecular flexibility index (Phi) is 8.38. The van der Waals surface area contributed by atoms with Crippen LogP contribution in [0, 0.1) is 0 Å². The number of amides is 2. The van der Waals surface area contributed by atoms with Crippen LogP contribution in [0.25, 0.3) is 22.5 Å². The van der Waals surface area contributed by atoms with Crippen molar-refractivity contribution in [3.8, 4) is 34.0 Å². The van der Waals surface area contributed by atoms with E-state index in [-0.39, 0.29) is 28.7 Å². The lowest BCUT2D eigenvalue weighted by Gasteiger charge is -2.21. The second-order valence-corrected chi connectivity index (χ2v) is 9.80. The van der Waals surface area contributed by atoms with E-state index in [4.69, 9.17) is 14.5 Å². The molecule has 3 aromatic carbocycles. The van der Waals surface area contributed by atoms with Crippen molar-refractivity contribution in [2.45, 2.75) is 19.9 Å². The molecule has 0 saturated heterocycles. The monoisotopic (exact) mass is 575 g/mol. The molecule has 2 aromatic heterocycles. The second kappa shape index (κ2) is 12.5. The first-order chi connectivity index (χ1) is 20.8. The van der Waals surface area contributed by atoms with E-state index in [2.05, 4.69) is 10.1 Å². The number of rotatable bonds is 8. The molecule has 10 nitrogen and oxygen atoms in total. The molecule has 0 spiro atoms. The van der Waals surface area contributed by atoms with Gasteiger partial charge in [-0.3, -0.25) is 14.4 Å². The minimum absolute atomic E-state index is 0.124. The van der Waals surface area contributed by atoms with Crippen molar-refractivity contribution in [3.05, 3.63) is 119 Å². The van der Waals surface area contributed by atoms with E-state index >= 15 is 0 Å². The van der Waals surface area contributed by atoms with Gasteiger partial charge in [0.05, 0.1) is 31.6 Å². The van der Waals surface area contributed by atoms with Crippen LogP contribution in [0.2, 0.25) is 0 Å². The summed E-state index contributed by atoms with van der Waals surface area (Å²) in [6.07, 6.45) is 1.51. The highest BCUT2D eigenvalue weighted by Gasteiger charge is 2.30. The van der Waals surface area contributed by atoms with Crippen molar-refractivity contribution in [2.75, 3.05) is 19.1 Å². The number of benzene rings is 3. The summed E-state index contributed by atoms with van der Waals surface area (Å²) < 4.78 is 11.8. The Labute approximate surface area is 248 Å². The molecular formula is C33H29N5O5. The van der Waals surface area contributed by atoms with Crippen molar-refractivity contribution in [1.29, 1.82) is 0 Å². The summed E-state index contributed by atoms with van der Waals surface area (Å²) in [4.78, 5) is 50.5. The highest BCUT2D eigenvalue weighted by atomic mass is 16.5. The Balaban J connectivity index is 1.69. The van der Waals surface area contributed by atoms with E-state index in [9.17, 15) is 14.4 Å². The van der Waals surface area contributed by atoms with Crippen LogP contribution < -0.4 is 19.9 Å². The number of carbonyl (C=O) groups excluding carboxylic acids is 2. The predicted octanol–water partition coefficient (Wildman–Crippen LogP) is 5.45. The molecule has 0 saturated carbocycles. The van der Waals surface area contributed by atoms with Crippen LogP contribution in [0.15, 0.2) is 102 Å². The molecule has 2 amide bonds. The van der Waals surface area contributed by atoms with Crippen LogP contribution in [0.3, 0.4) is 0 Å². The molecule has 0 bridgehead atoms. The molecule has 0 aliphatic heterocycles. The fourth-order valence-corrected chi connectivity index (χ4v) is 4.42. The third-order valence-electron chi connectivity index (χ3n) is 6.69. The lowest BCUT2D eigenvalue weighted by atomic mass is 10.0. The first-order valence-electron chi connectivity index (χ1n) is 13.5. The van der Waals surface area contributed by atoms with Gasteiger partial charge in [-0.25, -0.2) is 19.5 Å². The van der Waals surface area contributed by atoms with Crippen molar-refractivity contribution in [3.63, 3.8) is 0 Å². The Bertz CT molecular complexity index is 1760.